The normalized spacial score (nSPS) is 27.6. The molecule has 0 aromatic rings. The maximum absolute atomic E-state index is 13.9. The van der Waals surface area contributed by atoms with Crippen LogP contribution < -0.4 is 16.8 Å². The predicted molar refractivity (Wildman–Crippen MR) is 162 cm³/mol. The van der Waals surface area contributed by atoms with Crippen LogP contribution in [0.5, 0.6) is 0 Å². The van der Waals surface area contributed by atoms with Crippen LogP contribution in [-0.2, 0) is 19.1 Å². The molecule has 12 heteroatoms. The number of carbonyl (C=O) groups is 3. The minimum atomic E-state index is -0.448. The Morgan fingerprint density at radius 1 is 1.15 bits per heavy atom. The quantitative estimate of drug-likeness (QED) is 0.133. The van der Waals surface area contributed by atoms with Crippen molar-refractivity contribution in [1.82, 2.24) is 10.2 Å². The lowest BCUT2D eigenvalue weighted by atomic mass is 9.80. The molecule has 4 atom stereocenters. The fraction of sp³-hybridized carbons (Fsp3) is 0.852. The summed E-state index contributed by atoms with van der Waals surface area (Å²) in [6.45, 7) is 0.478. The van der Waals surface area contributed by atoms with Crippen molar-refractivity contribution in [1.29, 1.82) is 0 Å². The fourth-order valence-corrected chi connectivity index (χ4v) is 11.4. The van der Waals surface area contributed by atoms with Crippen LogP contribution in [0.15, 0.2) is 4.99 Å². The molecule has 5 N–H and O–H groups in total. The number of hydrogen-bond donors (Lipinski definition) is 3. The van der Waals surface area contributed by atoms with Crippen molar-refractivity contribution in [3.05, 3.63) is 0 Å². The highest BCUT2D eigenvalue weighted by atomic mass is 32.2. The van der Waals surface area contributed by atoms with Crippen LogP contribution in [0.1, 0.15) is 77.0 Å². The van der Waals surface area contributed by atoms with Crippen molar-refractivity contribution in [3.8, 4) is 0 Å². The molecule has 0 radical (unpaired) electrons. The van der Waals surface area contributed by atoms with Gasteiger partial charge < -0.3 is 26.4 Å². The minimum Gasteiger partial charge on any atom is -0.469 e. The van der Waals surface area contributed by atoms with E-state index >= 15 is 0 Å². The van der Waals surface area contributed by atoms with Crippen LogP contribution in [0.3, 0.4) is 0 Å². The van der Waals surface area contributed by atoms with Gasteiger partial charge in [-0.2, -0.15) is 0 Å². The fourth-order valence-electron chi connectivity index (χ4n) is 6.55. The third-order valence-corrected chi connectivity index (χ3v) is 13.7. The average molecular weight is 600 g/mol. The van der Waals surface area contributed by atoms with Gasteiger partial charge in [-0.15, -0.1) is 35.3 Å². The molecule has 0 aromatic carbocycles. The SMILES string of the molecule is COC(=O)CCC1(C(CCCN=C(N)N)NC(=O)[C@@H]2CSC3CC[C@@H](CC4CCCCC4)C(=O)N32)SCCS1. The number of guanidine groups is 1. The number of nitrogens with two attached hydrogens (primary N) is 2. The first kappa shape index (κ1) is 30.7. The maximum atomic E-state index is 13.9. The van der Waals surface area contributed by atoms with Gasteiger partial charge in [0.2, 0.25) is 11.8 Å². The first-order valence-electron chi connectivity index (χ1n) is 14.5. The molecule has 3 heterocycles. The van der Waals surface area contributed by atoms with Crippen molar-refractivity contribution in [2.24, 2.45) is 28.3 Å². The number of rotatable bonds is 12. The summed E-state index contributed by atoms with van der Waals surface area (Å²) >= 11 is 5.37. The van der Waals surface area contributed by atoms with Crippen molar-refractivity contribution < 1.29 is 19.1 Å². The molecule has 4 fully saturated rings. The van der Waals surface area contributed by atoms with Gasteiger partial charge in [0, 0.05) is 36.1 Å². The number of carbonyl (C=O) groups excluding carboxylic acids is 3. The molecule has 39 heavy (non-hydrogen) atoms. The first-order chi connectivity index (χ1) is 18.8. The van der Waals surface area contributed by atoms with Crippen molar-refractivity contribution in [3.63, 3.8) is 0 Å². The molecule has 3 saturated heterocycles. The van der Waals surface area contributed by atoms with Crippen molar-refractivity contribution >= 4 is 59.0 Å². The predicted octanol–water partition coefficient (Wildman–Crippen LogP) is 3.30. The van der Waals surface area contributed by atoms with Gasteiger partial charge in [-0.1, -0.05) is 32.1 Å². The van der Waals surface area contributed by atoms with E-state index in [1.807, 2.05) is 28.4 Å². The van der Waals surface area contributed by atoms with Gasteiger partial charge in [0.25, 0.3) is 0 Å². The van der Waals surface area contributed by atoms with Crippen LogP contribution in [-0.4, -0.2) is 81.1 Å². The van der Waals surface area contributed by atoms with Gasteiger partial charge >= 0.3 is 5.97 Å². The highest BCUT2D eigenvalue weighted by Crippen LogP contribution is 2.51. The van der Waals surface area contributed by atoms with E-state index in [-0.39, 0.29) is 45.2 Å². The highest BCUT2D eigenvalue weighted by molar-refractivity contribution is 8.21. The number of aliphatic imine (C=N–C) groups is 1. The highest BCUT2D eigenvalue weighted by Gasteiger charge is 2.49. The van der Waals surface area contributed by atoms with E-state index in [2.05, 4.69) is 10.3 Å². The van der Waals surface area contributed by atoms with E-state index < -0.39 is 6.04 Å². The van der Waals surface area contributed by atoms with Crippen LogP contribution in [0.25, 0.3) is 0 Å². The lowest BCUT2D eigenvalue weighted by Crippen LogP contribution is -2.57. The standard InChI is InChI=1S/C27H45N5O4S3/c1-36-23(33)11-12-27(38-14-15-39-27)21(8-5-13-30-26(28)29)31-24(34)20-17-37-22-10-9-19(25(35)32(20)22)16-18-6-3-2-4-7-18/h18-22H,2-17H2,1H3,(H,31,34)(H4,28,29,30)/t19-,20-,21?,22?/m0/s1. The number of fused-ring (bicyclic) bond motifs is 1. The molecular formula is C27H45N5O4S3. The Morgan fingerprint density at radius 3 is 2.59 bits per heavy atom. The second kappa shape index (κ2) is 14.6. The zero-order valence-corrected chi connectivity index (χ0v) is 25.6. The molecular weight excluding hydrogens is 555 g/mol. The Hall–Kier alpha value is -1.27. The van der Waals surface area contributed by atoms with E-state index in [1.54, 1.807) is 11.8 Å². The van der Waals surface area contributed by atoms with Crippen LogP contribution >= 0.6 is 35.3 Å². The number of nitrogens with zero attached hydrogens (tertiary/aromatic N) is 2. The molecule has 4 rings (SSSR count). The van der Waals surface area contributed by atoms with Gasteiger partial charge in [-0.25, -0.2) is 0 Å². The average Bonchev–Trinajstić information content (AvgIpc) is 3.59. The first-order valence-corrected chi connectivity index (χ1v) is 17.5. The molecule has 220 valence electrons. The molecule has 9 nitrogen and oxygen atoms in total. The van der Waals surface area contributed by atoms with E-state index in [0.717, 1.165) is 30.8 Å². The Kier molecular flexibility index (Phi) is 11.5. The largest absolute Gasteiger partial charge is 0.469 e. The van der Waals surface area contributed by atoms with Crippen molar-refractivity contribution in [2.75, 3.05) is 30.9 Å². The van der Waals surface area contributed by atoms with Gasteiger partial charge in [0.1, 0.15) is 6.04 Å². The Balaban J connectivity index is 1.45. The molecule has 1 aliphatic carbocycles. The molecule has 2 unspecified atom stereocenters. The lowest BCUT2D eigenvalue weighted by Gasteiger charge is -2.40. The molecule has 3 aliphatic heterocycles. The minimum absolute atomic E-state index is 0.0427. The number of amides is 2. The summed E-state index contributed by atoms with van der Waals surface area (Å²) in [4.78, 5) is 45.7. The van der Waals surface area contributed by atoms with Gasteiger partial charge in [0.05, 0.1) is 22.6 Å². The number of piperidine rings is 1. The van der Waals surface area contributed by atoms with Gasteiger partial charge in [-0.3, -0.25) is 19.4 Å². The van der Waals surface area contributed by atoms with E-state index in [0.29, 0.717) is 43.9 Å². The van der Waals surface area contributed by atoms with E-state index in [9.17, 15) is 14.4 Å². The zero-order chi connectivity index (χ0) is 27.8. The zero-order valence-electron chi connectivity index (χ0n) is 23.1. The molecule has 0 spiro atoms. The molecule has 0 aromatic heterocycles. The molecule has 4 aliphatic rings. The summed E-state index contributed by atoms with van der Waals surface area (Å²) in [5, 5.41) is 3.47. The van der Waals surface area contributed by atoms with Crippen molar-refractivity contribution in [2.45, 2.75) is 98.6 Å². The summed E-state index contributed by atoms with van der Waals surface area (Å²) in [5.41, 5.74) is 11.0. The molecule has 1 saturated carbocycles. The number of methoxy groups -OCH3 is 1. The maximum Gasteiger partial charge on any atom is 0.305 e. The number of nitrogens with one attached hydrogen (secondary N) is 1. The molecule has 0 bridgehead atoms. The molecule has 2 amide bonds. The second-order valence-electron chi connectivity index (χ2n) is 11.2. The third-order valence-electron chi connectivity index (χ3n) is 8.58. The summed E-state index contributed by atoms with van der Waals surface area (Å²) < 4.78 is 4.59. The van der Waals surface area contributed by atoms with Gasteiger partial charge in [0.15, 0.2) is 5.96 Å². The van der Waals surface area contributed by atoms with Gasteiger partial charge in [-0.05, 0) is 44.4 Å². The third kappa shape index (κ3) is 7.93. The van der Waals surface area contributed by atoms with Crippen LogP contribution in [0, 0.1) is 11.8 Å². The number of ether oxygens (including phenoxy) is 1. The number of esters is 1. The van der Waals surface area contributed by atoms with Crippen LogP contribution in [0.2, 0.25) is 0 Å². The summed E-state index contributed by atoms with van der Waals surface area (Å²) in [7, 11) is 1.41. The summed E-state index contributed by atoms with van der Waals surface area (Å²) in [6.07, 6.45) is 11.5. The monoisotopic (exact) mass is 599 g/mol. The Bertz CT molecular complexity index is 891. The second-order valence-corrected chi connectivity index (χ2v) is 15.5. The smallest absolute Gasteiger partial charge is 0.305 e. The lowest BCUT2D eigenvalue weighted by molar-refractivity contribution is -0.146. The topological polar surface area (TPSA) is 140 Å². The summed E-state index contributed by atoms with van der Waals surface area (Å²) in [5.74, 6) is 3.15. The summed E-state index contributed by atoms with van der Waals surface area (Å²) in [6, 6.07) is -0.626. The Morgan fingerprint density at radius 2 is 1.90 bits per heavy atom. The number of hydrogen-bond acceptors (Lipinski definition) is 8. The number of thioether (sulfide) groups is 3. The van der Waals surface area contributed by atoms with E-state index in [4.69, 9.17) is 16.2 Å². The van der Waals surface area contributed by atoms with E-state index in [1.165, 1.54) is 39.2 Å². The van der Waals surface area contributed by atoms with Crippen LogP contribution in [0.4, 0.5) is 0 Å². The Labute approximate surface area is 245 Å².